The Hall–Kier alpha value is -2.76. The van der Waals surface area contributed by atoms with E-state index >= 15 is 0 Å². The highest BCUT2D eigenvalue weighted by Gasteiger charge is 2.16. The van der Waals surface area contributed by atoms with E-state index in [1.165, 1.54) is 5.56 Å². The number of fused-ring (bicyclic) bond motifs is 1. The first kappa shape index (κ1) is 17.1. The molecule has 6 heteroatoms. The van der Waals surface area contributed by atoms with Crippen molar-refractivity contribution >= 4 is 16.9 Å². The van der Waals surface area contributed by atoms with Crippen molar-refractivity contribution in [2.75, 3.05) is 0 Å². The van der Waals surface area contributed by atoms with Crippen molar-refractivity contribution in [3.05, 3.63) is 52.6 Å². The number of pyridine rings is 2. The molecule has 0 fully saturated rings. The van der Waals surface area contributed by atoms with E-state index in [0.29, 0.717) is 19.4 Å². The predicted octanol–water partition coefficient (Wildman–Crippen LogP) is 2.54. The fraction of sp³-hybridized carbons (Fsp3) is 0.368. The molecule has 0 saturated heterocycles. The van der Waals surface area contributed by atoms with Gasteiger partial charge in [-0.1, -0.05) is 6.07 Å². The number of aryl methyl sites for hydroxylation is 4. The van der Waals surface area contributed by atoms with Crippen LogP contribution >= 0.6 is 0 Å². The molecule has 0 unspecified atom stereocenters. The Morgan fingerprint density at radius 2 is 2.04 bits per heavy atom. The summed E-state index contributed by atoms with van der Waals surface area (Å²) in [6, 6.07) is 3.82. The normalized spacial score (nSPS) is 11.0. The second kappa shape index (κ2) is 7.01. The highest BCUT2D eigenvalue weighted by Crippen LogP contribution is 2.25. The molecule has 0 radical (unpaired) electrons. The molecule has 0 bridgehead atoms. The highest BCUT2D eigenvalue weighted by molar-refractivity contribution is 5.84. The van der Waals surface area contributed by atoms with Gasteiger partial charge in [0.25, 0.3) is 0 Å². The maximum atomic E-state index is 12.2. The van der Waals surface area contributed by atoms with Gasteiger partial charge >= 0.3 is 0 Å². The van der Waals surface area contributed by atoms with Crippen LogP contribution in [0.15, 0.2) is 24.5 Å². The minimum absolute atomic E-state index is 0.0330. The molecule has 3 heterocycles. The molecule has 0 aliphatic carbocycles. The summed E-state index contributed by atoms with van der Waals surface area (Å²) < 4.78 is 1.81. The lowest BCUT2D eigenvalue weighted by molar-refractivity contribution is -0.121. The van der Waals surface area contributed by atoms with Crippen molar-refractivity contribution in [2.45, 2.75) is 40.2 Å². The smallest absolute Gasteiger partial charge is 0.220 e. The van der Waals surface area contributed by atoms with Crippen molar-refractivity contribution < 1.29 is 4.79 Å². The van der Waals surface area contributed by atoms with Crippen LogP contribution in [0.1, 0.15) is 34.5 Å². The number of carbonyl (C=O) groups excluding carboxylic acids is 1. The third kappa shape index (κ3) is 3.52. The minimum atomic E-state index is 0.0330. The van der Waals surface area contributed by atoms with Gasteiger partial charge in [0.1, 0.15) is 0 Å². The molecule has 0 atom stereocenters. The van der Waals surface area contributed by atoms with Crippen LogP contribution in [0.3, 0.4) is 0 Å². The lowest BCUT2D eigenvalue weighted by atomic mass is 9.99. The van der Waals surface area contributed by atoms with Crippen LogP contribution < -0.4 is 5.32 Å². The van der Waals surface area contributed by atoms with E-state index in [9.17, 15) is 4.79 Å². The largest absolute Gasteiger partial charge is 0.352 e. The SMILES string of the molecule is Cc1nc2c(c(C)nn2C)c(C)c1CCC(=O)NCc1cccnc1. The van der Waals surface area contributed by atoms with Crippen molar-refractivity contribution in [1.29, 1.82) is 0 Å². The van der Waals surface area contributed by atoms with E-state index in [1.54, 1.807) is 12.4 Å². The van der Waals surface area contributed by atoms with Gasteiger partial charge in [-0.15, -0.1) is 0 Å². The van der Waals surface area contributed by atoms with E-state index in [-0.39, 0.29) is 5.91 Å². The van der Waals surface area contributed by atoms with Gasteiger partial charge in [-0.3, -0.25) is 14.5 Å². The first-order valence-corrected chi connectivity index (χ1v) is 8.42. The zero-order valence-electron chi connectivity index (χ0n) is 15.1. The Bertz CT molecular complexity index is 915. The summed E-state index contributed by atoms with van der Waals surface area (Å²) in [7, 11) is 1.91. The summed E-state index contributed by atoms with van der Waals surface area (Å²) in [4.78, 5) is 20.9. The second-order valence-electron chi connectivity index (χ2n) is 6.35. The topological polar surface area (TPSA) is 72.7 Å². The molecule has 1 N–H and O–H groups in total. The molecule has 0 aliphatic heterocycles. The van der Waals surface area contributed by atoms with E-state index in [4.69, 9.17) is 0 Å². The summed E-state index contributed by atoms with van der Waals surface area (Å²) in [5.41, 5.74) is 6.15. The Balaban J connectivity index is 1.70. The Morgan fingerprint density at radius 3 is 2.76 bits per heavy atom. The van der Waals surface area contributed by atoms with Crippen molar-refractivity contribution in [3.8, 4) is 0 Å². The summed E-state index contributed by atoms with van der Waals surface area (Å²) >= 11 is 0. The van der Waals surface area contributed by atoms with Gasteiger partial charge < -0.3 is 5.32 Å². The molecule has 6 nitrogen and oxygen atoms in total. The molecule has 3 aromatic rings. The number of hydrogen-bond acceptors (Lipinski definition) is 4. The Morgan fingerprint density at radius 1 is 1.24 bits per heavy atom. The summed E-state index contributed by atoms with van der Waals surface area (Å²) in [6.45, 7) is 6.59. The maximum absolute atomic E-state index is 12.2. The average molecular weight is 337 g/mol. The van der Waals surface area contributed by atoms with Crippen LogP contribution in [0.2, 0.25) is 0 Å². The Labute approximate surface area is 147 Å². The van der Waals surface area contributed by atoms with Gasteiger partial charge in [0.05, 0.1) is 5.69 Å². The highest BCUT2D eigenvalue weighted by atomic mass is 16.1. The summed E-state index contributed by atoms with van der Waals surface area (Å²) in [6.07, 6.45) is 4.60. The van der Waals surface area contributed by atoms with Gasteiger partial charge in [0, 0.05) is 43.5 Å². The van der Waals surface area contributed by atoms with E-state index in [2.05, 4.69) is 27.3 Å². The quantitative estimate of drug-likeness (QED) is 0.776. The second-order valence-corrected chi connectivity index (χ2v) is 6.35. The van der Waals surface area contributed by atoms with E-state index in [0.717, 1.165) is 33.5 Å². The number of amides is 1. The lowest BCUT2D eigenvalue weighted by Gasteiger charge is -2.11. The van der Waals surface area contributed by atoms with Crippen LogP contribution in [0.25, 0.3) is 11.0 Å². The van der Waals surface area contributed by atoms with Gasteiger partial charge in [0.2, 0.25) is 5.91 Å². The predicted molar refractivity (Wildman–Crippen MR) is 97.1 cm³/mol. The number of aromatic nitrogens is 4. The van der Waals surface area contributed by atoms with E-state index < -0.39 is 0 Å². The van der Waals surface area contributed by atoms with Crippen LogP contribution in [0.4, 0.5) is 0 Å². The van der Waals surface area contributed by atoms with Crippen molar-refractivity contribution in [3.63, 3.8) is 0 Å². The fourth-order valence-corrected chi connectivity index (χ4v) is 3.26. The monoisotopic (exact) mass is 337 g/mol. The summed E-state index contributed by atoms with van der Waals surface area (Å²) in [5.74, 6) is 0.0330. The van der Waals surface area contributed by atoms with Crippen LogP contribution in [-0.4, -0.2) is 25.7 Å². The number of nitrogens with one attached hydrogen (secondary N) is 1. The van der Waals surface area contributed by atoms with Gasteiger partial charge in [-0.05, 0) is 49.9 Å². The molecule has 0 aliphatic rings. The number of nitrogens with zero attached hydrogens (tertiary/aromatic N) is 4. The summed E-state index contributed by atoms with van der Waals surface area (Å²) in [5, 5.41) is 8.50. The number of hydrogen-bond donors (Lipinski definition) is 1. The van der Waals surface area contributed by atoms with Crippen LogP contribution in [-0.2, 0) is 24.8 Å². The van der Waals surface area contributed by atoms with Crippen molar-refractivity contribution in [2.24, 2.45) is 7.05 Å². The van der Waals surface area contributed by atoms with E-state index in [1.807, 2.05) is 37.7 Å². The van der Waals surface area contributed by atoms with Gasteiger partial charge in [-0.25, -0.2) is 4.98 Å². The van der Waals surface area contributed by atoms with Gasteiger partial charge in [0.15, 0.2) is 5.65 Å². The molecule has 0 spiro atoms. The Kier molecular flexibility index (Phi) is 4.79. The van der Waals surface area contributed by atoms with Gasteiger partial charge in [-0.2, -0.15) is 5.10 Å². The minimum Gasteiger partial charge on any atom is -0.352 e. The number of carbonyl (C=O) groups is 1. The molecule has 25 heavy (non-hydrogen) atoms. The lowest BCUT2D eigenvalue weighted by Crippen LogP contribution is -2.23. The third-order valence-corrected chi connectivity index (χ3v) is 4.54. The molecule has 130 valence electrons. The first-order valence-electron chi connectivity index (χ1n) is 8.42. The molecule has 1 amide bonds. The zero-order chi connectivity index (χ0) is 18.0. The standard InChI is InChI=1S/C19H23N5O/c1-12-16(13(2)22-19-18(12)14(3)23-24(19)4)7-8-17(25)21-11-15-6-5-9-20-10-15/h5-6,9-10H,7-8,11H2,1-4H3,(H,21,25). The van der Waals surface area contributed by atoms with Crippen LogP contribution in [0, 0.1) is 20.8 Å². The maximum Gasteiger partial charge on any atom is 0.220 e. The molecule has 3 aromatic heterocycles. The molecular formula is C19H23N5O. The molecule has 0 saturated carbocycles. The zero-order valence-corrected chi connectivity index (χ0v) is 15.1. The van der Waals surface area contributed by atoms with Crippen molar-refractivity contribution in [1.82, 2.24) is 25.1 Å². The first-order chi connectivity index (χ1) is 12.0. The number of rotatable bonds is 5. The van der Waals surface area contributed by atoms with Crippen LogP contribution in [0.5, 0.6) is 0 Å². The molecule has 3 rings (SSSR count). The average Bonchev–Trinajstić information content (AvgIpc) is 2.87. The fourth-order valence-electron chi connectivity index (χ4n) is 3.26. The molecule has 0 aromatic carbocycles. The third-order valence-electron chi connectivity index (χ3n) is 4.54. The molecular weight excluding hydrogens is 314 g/mol.